The fraction of sp³-hybridized carbons (Fsp3) is 0.188. The molecule has 0 unspecified atom stereocenters. The Balaban J connectivity index is 1.07. The van der Waals surface area contributed by atoms with E-state index in [9.17, 15) is 4.79 Å². The molecule has 2 aliphatic rings. The van der Waals surface area contributed by atoms with Crippen LogP contribution in [0.5, 0.6) is 0 Å². The van der Waals surface area contributed by atoms with Crippen LogP contribution in [0, 0.1) is 16.7 Å². The number of rotatable bonds is 6. The third kappa shape index (κ3) is 4.64. The van der Waals surface area contributed by atoms with Gasteiger partial charge in [-0.1, -0.05) is 54.6 Å². The number of likely N-dealkylation sites (tertiary alicyclic amines) is 1. The first-order valence-corrected chi connectivity index (χ1v) is 13.4. The molecular formula is C32H26N8O. The molecule has 0 atom stereocenters. The molecule has 2 saturated heterocycles. The van der Waals surface area contributed by atoms with Gasteiger partial charge in [-0.15, -0.1) is 0 Å². The van der Waals surface area contributed by atoms with Crippen molar-refractivity contribution in [3.05, 3.63) is 102 Å². The molecular weight excluding hydrogens is 512 g/mol. The zero-order chi connectivity index (χ0) is 28.0. The highest BCUT2D eigenvalue weighted by Gasteiger charge is 2.51. The number of hydrogen-bond donors (Lipinski definition) is 1. The summed E-state index contributed by atoms with van der Waals surface area (Å²) in [5, 5.41) is 9.88. The molecule has 41 heavy (non-hydrogen) atoms. The lowest BCUT2D eigenvalue weighted by Gasteiger charge is -2.60. The highest BCUT2D eigenvalue weighted by molar-refractivity contribution is 5.97. The Hall–Kier alpha value is -5.20. The number of benzene rings is 2. The van der Waals surface area contributed by atoms with Gasteiger partial charge in [-0.2, -0.15) is 5.26 Å². The van der Waals surface area contributed by atoms with Gasteiger partial charge < -0.3 is 10.6 Å². The van der Waals surface area contributed by atoms with Gasteiger partial charge in [-0.05, 0) is 29.3 Å². The zero-order valence-electron chi connectivity index (χ0n) is 22.2. The summed E-state index contributed by atoms with van der Waals surface area (Å²) in [6, 6.07) is 26.4. The highest BCUT2D eigenvalue weighted by atomic mass is 16.1. The smallest absolute Gasteiger partial charge is 0.267 e. The standard InChI is InChI=1S/C32H26N8O/c33-14-28-35-11-10-29(38-28)40-19-32(20-40)17-39(18-32)16-21-6-8-23(9-7-21)30-25(22-4-2-1-3-5-22)12-24-13-26(31(34)41)36-15-27(24)37-30/h1-13,15H,16-20H2,(H2,34,41). The van der Waals surface area contributed by atoms with Crippen LogP contribution in [0.4, 0.5) is 5.82 Å². The number of carbonyl (C=O) groups excluding carboxylic acids is 1. The minimum absolute atomic E-state index is 0.214. The average molecular weight is 539 g/mol. The molecule has 0 saturated carbocycles. The van der Waals surface area contributed by atoms with Gasteiger partial charge in [0.1, 0.15) is 17.6 Å². The molecule has 3 aromatic heterocycles. The fourth-order valence-electron chi connectivity index (χ4n) is 6.01. The summed E-state index contributed by atoms with van der Waals surface area (Å²) in [6.45, 7) is 4.90. The van der Waals surface area contributed by atoms with Crippen molar-refractivity contribution < 1.29 is 4.79 Å². The number of fused-ring (bicyclic) bond motifs is 1. The molecule has 2 aromatic carbocycles. The van der Waals surface area contributed by atoms with Crippen LogP contribution in [0.15, 0.2) is 85.2 Å². The monoisotopic (exact) mass is 538 g/mol. The van der Waals surface area contributed by atoms with Gasteiger partial charge in [0, 0.05) is 60.8 Å². The molecule has 2 N–H and O–H groups in total. The van der Waals surface area contributed by atoms with Crippen molar-refractivity contribution in [1.82, 2.24) is 24.8 Å². The first-order valence-electron chi connectivity index (χ1n) is 13.4. The number of carbonyl (C=O) groups is 1. The molecule has 2 fully saturated rings. The predicted octanol–water partition coefficient (Wildman–Crippen LogP) is 4.05. The SMILES string of the molecule is N#Cc1nccc(N2CC3(CN(Cc4ccc(-c5nc6cnc(C(N)=O)cc6cc5-c5ccccc5)cc4)C3)C2)n1. The summed E-state index contributed by atoms with van der Waals surface area (Å²) in [7, 11) is 0. The van der Waals surface area contributed by atoms with Gasteiger partial charge in [-0.3, -0.25) is 9.69 Å². The van der Waals surface area contributed by atoms with Crippen molar-refractivity contribution in [1.29, 1.82) is 5.26 Å². The number of aromatic nitrogens is 4. The summed E-state index contributed by atoms with van der Waals surface area (Å²) in [6.07, 6.45) is 3.26. The van der Waals surface area contributed by atoms with Crippen molar-refractivity contribution >= 4 is 22.6 Å². The molecule has 0 bridgehead atoms. The van der Waals surface area contributed by atoms with E-state index in [1.165, 1.54) is 5.56 Å². The maximum Gasteiger partial charge on any atom is 0.267 e. The van der Waals surface area contributed by atoms with Crippen LogP contribution < -0.4 is 10.6 Å². The molecule has 9 nitrogen and oxygen atoms in total. The topological polar surface area (TPSA) is 125 Å². The lowest BCUT2D eigenvalue weighted by Crippen LogP contribution is -2.72. The summed E-state index contributed by atoms with van der Waals surface area (Å²) >= 11 is 0. The lowest BCUT2D eigenvalue weighted by atomic mass is 9.72. The number of nitrogens with two attached hydrogens (primary N) is 1. The van der Waals surface area contributed by atoms with Crippen LogP contribution in [0.3, 0.4) is 0 Å². The fourth-order valence-corrected chi connectivity index (χ4v) is 6.01. The Kier molecular flexibility index (Phi) is 5.91. The first kappa shape index (κ1) is 24.8. The van der Waals surface area contributed by atoms with Gasteiger partial charge >= 0.3 is 0 Å². The summed E-state index contributed by atoms with van der Waals surface area (Å²) in [5.41, 5.74) is 11.9. The van der Waals surface area contributed by atoms with Crippen molar-refractivity contribution in [3.8, 4) is 28.5 Å². The molecule has 5 heterocycles. The minimum atomic E-state index is -0.560. The number of amides is 1. The predicted molar refractivity (Wildman–Crippen MR) is 156 cm³/mol. The maximum atomic E-state index is 11.7. The molecule has 0 aliphatic carbocycles. The Labute approximate surface area is 236 Å². The zero-order valence-corrected chi connectivity index (χ0v) is 22.2. The van der Waals surface area contributed by atoms with Crippen molar-refractivity contribution in [2.75, 3.05) is 31.1 Å². The Morgan fingerprint density at radius 1 is 0.927 bits per heavy atom. The number of nitrogens with zero attached hydrogens (tertiary/aromatic N) is 7. The van der Waals surface area contributed by atoms with E-state index in [2.05, 4.69) is 67.2 Å². The third-order valence-corrected chi connectivity index (χ3v) is 7.91. The molecule has 1 spiro atoms. The van der Waals surface area contributed by atoms with E-state index in [1.807, 2.05) is 30.3 Å². The summed E-state index contributed by atoms with van der Waals surface area (Å²) in [5.74, 6) is 0.485. The van der Waals surface area contributed by atoms with E-state index in [0.717, 1.165) is 66.3 Å². The second kappa shape index (κ2) is 9.77. The van der Waals surface area contributed by atoms with E-state index in [4.69, 9.17) is 16.0 Å². The molecule has 5 aromatic rings. The Bertz CT molecular complexity index is 1820. The Morgan fingerprint density at radius 2 is 1.71 bits per heavy atom. The first-order chi connectivity index (χ1) is 20.0. The van der Waals surface area contributed by atoms with E-state index in [1.54, 1.807) is 18.5 Å². The van der Waals surface area contributed by atoms with Crippen LogP contribution in [0.1, 0.15) is 21.9 Å². The van der Waals surface area contributed by atoms with E-state index in [0.29, 0.717) is 10.9 Å². The molecule has 7 rings (SSSR count). The normalized spacial score (nSPS) is 15.7. The van der Waals surface area contributed by atoms with E-state index >= 15 is 0 Å². The van der Waals surface area contributed by atoms with Gasteiger partial charge in [0.15, 0.2) is 0 Å². The minimum Gasteiger partial charge on any atom is -0.364 e. The number of hydrogen-bond acceptors (Lipinski definition) is 8. The van der Waals surface area contributed by atoms with Gasteiger partial charge in [0.05, 0.1) is 17.4 Å². The van der Waals surface area contributed by atoms with Crippen LogP contribution in [-0.4, -0.2) is 56.9 Å². The van der Waals surface area contributed by atoms with Crippen LogP contribution >= 0.6 is 0 Å². The lowest BCUT2D eigenvalue weighted by molar-refractivity contribution is -0.0276. The Morgan fingerprint density at radius 3 is 2.44 bits per heavy atom. The number of anilines is 1. The van der Waals surface area contributed by atoms with Crippen LogP contribution in [0.2, 0.25) is 0 Å². The third-order valence-electron chi connectivity index (χ3n) is 7.91. The quantitative estimate of drug-likeness (QED) is 0.343. The van der Waals surface area contributed by atoms with E-state index in [-0.39, 0.29) is 11.5 Å². The van der Waals surface area contributed by atoms with Crippen molar-refractivity contribution in [3.63, 3.8) is 0 Å². The summed E-state index contributed by atoms with van der Waals surface area (Å²) in [4.78, 5) is 33.8. The largest absolute Gasteiger partial charge is 0.364 e. The average Bonchev–Trinajstić information content (AvgIpc) is 2.97. The highest BCUT2D eigenvalue weighted by Crippen LogP contribution is 2.42. The molecule has 200 valence electrons. The van der Waals surface area contributed by atoms with Crippen molar-refractivity contribution in [2.24, 2.45) is 11.1 Å². The molecule has 9 heteroatoms. The number of primary amides is 1. The van der Waals surface area contributed by atoms with Crippen LogP contribution in [-0.2, 0) is 6.54 Å². The number of pyridine rings is 2. The van der Waals surface area contributed by atoms with Crippen LogP contribution in [0.25, 0.3) is 33.3 Å². The van der Waals surface area contributed by atoms with Gasteiger partial charge in [-0.25, -0.2) is 19.9 Å². The second-order valence-corrected chi connectivity index (χ2v) is 10.9. The van der Waals surface area contributed by atoms with Gasteiger partial charge in [0.2, 0.25) is 5.82 Å². The van der Waals surface area contributed by atoms with Crippen molar-refractivity contribution in [2.45, 2.75) is 6.54 Å². The maximum absolute atomic E-state index is 11.7. The van der Waals surface area contributed by atoms with E-state index < -0.39 is 5.91 Å². The van der Waals surface area contributed by atoms with Gasteiger partial charge in [0.25, 0.3) is 5.91 Å². The molecule has 0 radical (unpaired) electrons. The molecule has 1 amide bonds. The molecule has 2 aliphatic heterocycles. The summed E-state index contributed by atoms with van der Waals surface area (Å²) < 4.78 is 0. The number of nitriles is 1. The second-order valence-electron chi connectivity index (χ2n) is 10.9.